The van der Waals surface area contributed by atoms with Crippen LogP contribution in [0.3, 0.4) is 0 Å². The van der Waals surface area contributed by atoms with Gasteiger partial charge in [-0.1, -0.05) is 0 Å². The summed E-state index contributed by atoms with van der Waals surface area (Å²) in [6, 6.07) is 3.42. The first-order valence-corrected chi connectivity index (χ1v) is 7.70. The van der Waals surface area contributed by atoms with Crippen LogP contribution in [0.2, 0.25) is 0 Å². The molecular formula is C11H11ClN2O2S2. The topological polar surface area (TPSA) is 56.0 Å². The highest BCUT2D eigenvalue weighted by Gasteiger charge is 2.17. The Morgan fingerprint density at radius 3 is 3.00 bits per heavy atom. The molecule has 0 atom stereocenters. The number of thioether (sulfide) groups is 1. The number of alkyl halides is 1. The van der Waals surface area contributed by atoms with Gasteiger partial charge in [-0.15, -0.1) is 34.7 Å². The maximum atomic E-state index is 11.1. The molecule has 0 aliphatic carbocycles. The zero-order valence-corrected chi connectivity index (χ0v) is 12.1. The third-order valence-corrected chi connectivity index (χ3v) is 4.64. The highest BCUT2D eigenvalue weighted by Crippen LogP contribution is 2.35. The summed E-state index contributed by atoms with van der Waals surface area (Å²) in [4.78, 5) is 15.7. The Kier molecular flexibility index (Phi) is 4.42. The number of nitro benzene ring substituents is 1. The zero-order chi connectivity index (χ0) is 13.1. The summed E-state index contributed by atoms with van der Waals surface area (Å²) in [6.45, 7) is 1.90. The van der Waals surface area contributed by atoms with Crippen molar-refractivity contribution in [3.63, 3.8) is 0 Å². The summed E-state index contributed by atoms with van der Waals surface area (Å²) in [5, 5.41) is 12.0. The second-order valence-electron chi connectivity index (χ2n) is 3.67. The van der Waals surface area contributed by atoms with E-state index < -0.39 is 0 Å². The highest BCUT2D eigenvalue weighted by molar-refractivity contribution is 7.99. The average molecular weight is 303 g/mol. The minimum Gasteiger partial charge on any atom is -0.258 e. The lowest BCUT2D eigenvalue weighted by Crippen LogP contribution is -1.92. The van der Waals surface area contributed by atoms with Crippen LogP contribution in [-0.4, -0.2) is 21.5 Å². The van der Waals surface area contributed by atoms with E-state index in [2.05, 4.69) is 4.98 Å². The van der Waals surface area contributed by atoms with Gasteiger partial charge in [-0.3, -0.25) is 10.1 Å². The van der Waals surface area contributed by atoms with E-state index in [9.17, 15) is 10.1 Å². The molecular weight excluding hydrogens is 292 g/mol. The lowest BCUT2D eigenvalue weighted by atomic mass is 10.3. The maximum Gasteiger partial charge on any atom is 0.284 e. The largest absolute Gasteiger partial charge is 0.284 e. The number of thiazole rings is 1. The van der Waals surface area contributed by atoms with Gasteiger partial charge >= 0.3 is 0 Å². The number of hydrogen-bond acceptors (Lipinski definition) is 5. The molecule has 18 heavy (non-hydrogen) atoms. The molecule has 0 spiro atoms. The molecule has 0 N–H and O–H groups in total. The molecule has 1 aromatic heterocycles. The first-order valence-electron chi connectivity index (χ1n) is 5.36. The molecule has 0 amide bonds. The first kappa shape index (κ1) is 13.6. The Balaban J connectivity index is 2.40. The standard InChI is InChI=1S/C11H11ClN2O2S2/c1-7-13-8-5-11(17-4-2-3-12)9(14(15)16)6-10(8)18-7/h5-6H,2-4H2,1H3. The molecule has 4 nitrogen and oxygen atoms in total. The summed E-state index contributed by atoms with van der Waals surface area (Å²) in [7, 11) is 0. The van der Waals surface area contributed by atoms with Crippen molar-refractivity contribution in [3.8, 4) is 0 Å². The molecule has 0 aliphatic heterocycles. The summed E-state index contributed by atoms with van der Waals surface area (Å²) in [6.07, 6.45) is 0.831. The van der Waals surface area contributed by atoms with Crippen molar-refractivity contribution in [2.45, 2.75) is 18.2 Å². The molecule has 2 rings (SSSR count). The Morgan fingerprint density at radius 2 is 2.33 bits per heavy atom. The minimum atomic E-state index is -0.336. The summed E-state index contributed by atoms with van der Waals surface area (Å²) >= 11 is 8.55. The fourth-order valence-electron chi connectivity index (χ4n) is 1.55. The van der Waals surface area contributed by atoms with Crippen LogP contribution in [0.25, 0.3) is 10.2 Å². The number of aromatic nitrogens is 1. The van der Waals surface area contributed by atoms with E-state index in [4.69, 9.17) is 11.6 Å². The Bertz CT molecular complexity index is 586. The van der Waals surface area contributed by atoms with E-state index in [-0.39, 0.29) is 10.6 Å². The second kappa shape index (κ2) is 5.86. The van der Waals surface area contributed by atoms with Crippen molar-refractivity contribution in [1.82, 2.24) is 4.98 Å². The van der Waals surface area contributed by atoms with Crippen LogP contribution in [0.4, 0.5) is 5.69 Å². The average Bonchev–Trinajstić information content (AvgIpc) is 2.67. The molecule has 1 heterocycles. The summed E-state index contributed by atoms with van der Waals surface area (Å²) in [5.74, 6) is 1.35. The van der Waals surface area contributed by atoms with Crippen LogP contribution in [0, 0.1) is 17.0 Å². The van der Waals surface area contributed by atoms with Crippen LogP contribution in [0.1, 0.15) is 11.4 Å². The van der Waals surface area contributed by atoms with Gasteiger partial charge in [-0.2, -0.15) is 0 Å². The third-order valence-electron chi connectivity index (χ3n) is 2.31. The molecule has 96 valence electrons. The van der Waals surface area contributed by atoms with Crippen molar-refractivity contribution >= 4 is 50.6 Å². The Labute approximate surface area is 118 Å². The number of halogens is 1. The molecule has 1 aromatic carbocycles. The monoisotopic (exact) mass is 302 g/mol. The smallest absolute Gasteiger partial charge is 0.258 e. The fourth-order valence-corrected chi connectivity index (χ4v) is 3.67. The zero-order valence-electron chi connectivity index (χ0n) is 9.68. The van der Waals surface area contributed by atoms with Crippen molar-refractivity contribution in [3.05, 3.63) is 27.3 Å². The molecule has 0 fully saturated rings. The normalized spacial score (nSPS) is 11.0. The Morgan fingerprint density at radius 1 is 1.56 bits per heavy atom. The number of hydrogen-bond donors (Lipinski definition) is 0. The van der Waals surface area contributed by atoms with E-state index >= 15 is 0 Å². The van der Waals surface area contributed by atoms with Crippen molar-refractivity contribution in [1.29, 1.82) is 0 Å². The van der Waals surface area contributed by atoms with Crippen LogP contribution in [0.5, 0.6) is 0 Å². The lowest BCUT2D eigenvalue weighted by Gasteiger charge is -2.02. The van der Waals surface area contributed by atoms with Crippen LogP contribution in [-0.2, 0) is 0 Å². The van der Waals surface area contributed by atoms with Crippen molar-refractivity contribution in [2.24, 2.45) is 0 Å². The van der Waals surface area contributed by atoms with Gasteiger partial charge in [-0.05, 0) is 25.2 Å². The van der Waals surface area contributed by atoms with E-state index in [1.807, 2.05) is 6.92 Å². The molecule has 0 radical (unpaired) electrons. The first-order chi connectivity index (χ1) is 8.61. The van der Waals surface area contributed by atoms with Crippen LogP contribution < -0.4 is 0 Å². The van der Waals surface area contributed by atoms with Crippen molar-refractivity contribution in [2.75, 3.05) is 11.6 Å². The van der Waals surface area contributed by atoms with Gasteiger partial charge in [0.2, 0.25) is 0 Å². The van der Waals surface area contributed by atoms with Gasteiger partial charge in [0.1, 0.15) is 0 Å². The molecule has 0 unspecified atom stereocenters. The predicted molar refractivity (Wildman–Crippen MR) is 77.1 cm³/mol. The summed E-state index contributed by atoms with van der Waals surface area (Å²) in [5.41, 5.74) is 0.988. The van der Waals surface area contributed by atoms with E-state index in [0.717, 1.165) is 27.4 Å². The van der Waals surface area contributed by atoms with Crippen LogP contribution >= 0.6 is 34.7 Å². The fraction of sp³-hybridized carbons (Fsp3) is 0.364. The number of benzene rings is 1. The van der Waals surface area contributed by atoms with E-state index in [0.29, 0.717) is 10.8 Å². The number of nitro groups is 1. The minimum absolute atomic E-state index is 0.158. The highest BCUT2D eigenvalue weighted by atomic mass is 35.5. The van der Waals surface area contributed by atoms with Crippen LogP contribution in [0.15, 0.2) is 17.0 Å². The number of aryl methyl sites for hydroxylation is 1. The molecule has 2 aromatic rings. The Hall–Kier alpha value is -0.850. The van der Waals surface area contributed by atoms with Gasteiger partial charge in [0.25, 0.3) is 5.69 Å². The maximum absolute atomic E-state index is 11.1. The van der Waals surface area contributed by atoms with Gasteiger partial charge in [0, 0.05) is 11.9 Å². The van der Waals surface area contributed by atoms with Crippen molar-refractivity contribution < 1.29 is 4.92 Å². The summed E-state index contributed by atoms with van der Waals surface area (Å²) < 4.78 is 0.862. The number of rotatable bonds is 5. The number of nitrogens with zero attached hydrogens (tertiary/aromatic N) is 2. The number of fused-ring (bicyclic) bond motifs is 1. The molecule has 7 heteroatoms. The van der Waals surface area contributed by atoms with E-state index in [1.165, 1.54) is 23.1 Å². The predicted octanol–water partition coefficient (Wildman–Crippen LogP) is 4.23. The second-order valence-corrected chi connectivity index (χ2v) is 6.42. The SMILES string of the molecule is Cc1nc2cc(SCCCCl)c([N+](=O)[O-])cc2s1. The lowest BCUT2D eigenvalue weighted by molar-refractivity contribution is -0.387. The molecule has 0 aliphatic rings. The quantitative estimate of drug-likeness (QED) is 0.273. The molecule has 0 saturated carbocycles. The van der Waals surface area contributed by atoms with E-state index in [1.54, 1.807) is 12.1 Å². The molecule has 0 saturated heterocycles. The van der Waals surface area contributed by atoms with Gasteiger partial charge in [0.15, 0.2) is 0 Å². The van der Waals surface area contributed by atoms with Gasteiger partial charge in [-0.25, -0.2) is 4.98 Å². The third kappa shape index (κ3) is 2.93. The van der Waals surface area contributed by atoms with Gasteiger partial charge < -0.3 is 0 Å². The molecule has 0 bridgehead atoms. The van der Waals surface area contributed by atoms with Gasteiger partial charge in [0.05, 0.1) is 25.0 Å².